The maximum atomic E-state index is 11.7. The highest BCUT2D eigenvalue weighted by Crippen LogP contribution is 2.11. The van der Waals surface area contributed by atoms with Crippen molar-refractivity contribution in [3.05, 3.63) is 12.7 Å². The quantitative estimate of drug-likeness (QED) is 0.802. The van der Waals surface area contributed by atoms with E-state index in [4.69, 9.17) is 5.26 Å². The molecule has 0 bridgehead atoms. The Hall–Kier alpha value is -1.90. The molecule has 86 valence electrons. The fourth-order valence-corrected chi connectivity index (χ4v) is 1.03. The van der Waals surface area contributed by atoms with E-state index in [1.54, 1.807) is 20.8 Å². The zero-order chi connectivity index (χ0) is 12.2. The lowest BCUT2D eigenvalue weighted by Crippen LogP contribution is -2.37. The van der Waals surface area contributed by atoms with Gasteiger partial charge in [-0.3, -0.25) is 4.79 Å². The molecular weight excluding hydrogens is 206 g/mol. The molecule has 0 saturated heterocycles. The van der Waals surface area contributed by atoms with Gasteiger partial charge in [-0.25, -0.2) is 9.67 Å². The van der Waals surface area contributed by atoms with Crippen molar-refractivity contribution in [3.63, 3.8) is 0 Å². The molecule has 6 heteroatoms. The van der Waals surface area contributed by atoms with E-state index in [1.807, 2.05) is 0 Å². The van der Waals surface area contributed by atoms with E-state index in [9.17, 15) is 4.79 Å². The predicted octanol–water partition coefficient (Wildman–Crippen LogP) is 0.505. The predicted molar refractivity (Wildman–Crippen MR) is 57.1 cm³/mol. The molecule has 0 saturated carbocycles. The number of nitrogens with zero attached hydrogens (tertiary/aromatic N) is 4. The van der Waals surface area contributed by atoms with Crippen LogP contribution in [0.15, 0.2) is 12.7 Å². The molecule has 0 spiro atoms. The topological polar surface area (TPSA) is 83.6 Å². The number of amides is 1. The lowest BCUT2D eigenvalue weighted by molar-refractivity contribution is -0.124. The van der Waals surface area contributed by atoms with Gasteiger partial charge in [-0.1, -0.05) is 0 Å². The number of nitriles is 1. The van der Waals surface area contributed by atoms with Gasteiger partial charge >= 0.3 is 0 Å². The lowest BCUT2D eigenvalue weighted by Gasteiger charge is -2.18. The van der Waals surface area contributed by atoms with Gasteiger partial charge in [0, 0.05) is 6.54 Å². The molecule has 0 aromatic carbocycles. The van der Waals surface area contributed by atoms with Crippen molar-refractivity contribution < 1.29 is 4.79 Å². The van der Waals surface area contributed by atoms with Crippen LogP contribution in [0.4, 0.5) is 0 Å². The number of carbonyl (C=O) groups is 1. The Morgan fingerprint density at radius 1 is 1.69 bits per heavy atom. The number of nitrogens with one attached hydrogen (secondary N) is 1. The molecule has 0 radical (unpaired) electrons. The van der Waals surface area contributed by atoms with E-state index >= 15 is 0 Å². The number of hydrogen-bond donors (Lipinski definition) is 1. The molecule has 0 aliphatic carbocycles. The van der Waals surface area contributed by atoms with Gasteiger partial charge in [0.15, 0.2) is 0 Å². The average Bonchev–Trinajstić information content (AvgIpc) is 2.78. The number of aromatic nitrogens is 3. The standard InChI is InChI=1S/C10H15N5O/c1-8(15-7-12-6-14-15)9(16)13-5-10(2,3)4-11/h6-8H,5H2,1-3H3,(H,13,16). The van der Waals surface area contributed by atoms with Crippen LogP contribution < -0.4 is 5.32 Å². The maximum absolute atomic E-state index is 11.7. The van der Waals surface area contributed by atoms with Crippen molar-refractivity contribution in [1.82, 2.24) is 20.1 Å². The van der Waals surface area contributed by atoms with Crippen LogP contribution in [0.25, 0.3) is 0 Å². The molecule has 1 atom stereocenters. The summed E-state index contributed by atoms with van der Waals surface area (Å²) in [5.41, 5.74) is -0.558. The lowest BCUT2D eigenvalue weighted by atomic mass is 9.96. The van der Waals surface area contributed by atoms with Crippen LogP contribution in [0.1, 0.15) is 26.8 Å². The molecule has 1 N–H and O–H groups in total. The highest BCUT2D eigenvalue weighted by Gasteiger charge is 2.21. The van der Waals surface area contributed by atoms with Crippen LogP contribution in [0.3, 0.4) is 0 Å². The minimum Gasteiger partial charge on any atom is -0.353 e. The second-order valence-corrected chi connectivity index (χ2v) is 4.26. The van der Waals surface area contributed by atoms with E-state index in [-0.39, 0.29) is 5.91 Å². The summed E-state index contributed by atoms with van der Waals surface area (Å²) < 4.78 is 1.47. The Morgan fingerprint density at radius 2 is 2.38 bits per heavy atom. The molecule has 0 fully saturated rings. The second kappa shape index (κ2) is 4.75. The summed E-state index contributed by atoms with van der Waals surface area (Å²) >= 11 is 0. The van der Waals surface area contributed by atoms with E-state index in [1.165, 1.54) is 17.3 Å². The molecular formula is C10H15N5O. The molecule has 6 nitrogen and oxygen atoms in total. The highest BCUT2D eigenvalue weighted by molar-refractivity contribution is 5.79. The number of hydrogen-bond acceptors (Lipinski definition) is 4. The first-order valence-electron chi connectivity index (χ1n) is 4.99. The Kier molecular flexibility index (Phi) is 3.61. The molecule has 1 amide bonds. The van der Waals surface area contributed by atoms with E-state index < -0.39 is 11.5 Å². The van der Waals surface area contributed by atoms with Crippen LogP contribution in [0.2, 0.25) is 0 Å². The molecule has 1 aromatic rings. The van der Waals surface area contributed by atoms with Crippen molar-refractivity contribution in [2.75, 3.05) is 6.54 Å². The Balaban J connectivity index is 2.51. The van der Waals surface area contributed by atoms with Crippen molar-refractivity contribution in [3.8, 4) is 6.07 Å². The van der Waals surface area contributed by atoms with Gasteiger partial charge in [-0.15, -0.1) is 0 Å². The van der Waals surface area contributed by atoms with Crippen LogP contribution in [0, 0.1) is 16.7 Å². The summed E-state index contributed by atoms with van der Waals surface area (Å²) in [6.07, 6.45) is 2.86. The Labute approximate surface area is 94.3 Å². The number of carbonyl (C=O) groups excluding carboxylic acids is 1. The summed E-state index contributed by atoms with van der Waals surface area (Å²) in [6.45, 7) is 5.59. The molecule has 0 aliphatic heterocycles. The third-order valence-corrected chi connectivity index (χ3v) is 2.22. The Bertz CT molecular complexity index is 390. The van der Waals surface area contributed by atoms with Crippen LogP contribution in [-0.4, -0.2) is 27.2 Å². The molecule has 1 unspecified atom stereocenters. The molecule has 1 heterocycles. The van der Waals surface area contributed by atoms with Gasteiger partial charge in [0.25, 0.3) is 0 Å². The van der Waals surface area contributed by atoms with Gasteiger partial charge in [-0.2, -0.15) is 10.4 Å². The van der Waals surface area contributed by atoms with Crippen molar-refractivity contribution in [2.45, 2.75) is 26.8 Å². The summed E-state index contributed by atoms with van der Waals surface area (Å²) in [6, 6.07) is 1.70. The zero-order valence-electron chi connectivity index (χ0n) is 9.64. The molecule has 1 rings (SSSR count). The van der Waals surface area contributed by atoms with E-state index in [0.717, 1.165) is 0 Å². The minimum absolute atomic E-state index is 0.172. The third kappa shape index (κ3) is 3.05. The van der Waals surface area contributed by atoms with Crippen molar-refractivity contribution in [1.29, 1.82) is 5.26 Å². The summed E-state index contributed by atoms with van der Waals surface area (Å²) in [5.74, 6) is -0.172. The van der Waals surface area contributed by atoms with Crippen molar-refractivity contribution >= 4 is 5.91 Å². The maximum Gasteiger partial charge on any atom is 0.244 e. The molecule has 0 aliphatic rings. The highest BCUT2D eigenvalue weighted by atomic mass is 16.2. The normalized spacial score (nSPS) is 12.9. The fraction of sp³-hybridized carbons (Fsp3) is 0.600. The summed E-state index contributed by atoms with van der Waals surface area (Å²) in [4.78, 5) is 15.5. The second-order valence-electron chi connectivity index (χ2n) is 4.26. The summed E-state index contributed by atoms with van der Waals surface area (Å²) in [7, 11) is 0. The van der Waals surface area contributed by atoms with Gasteiger partial charge < -0.3 is 5.32 Å². The van der Waals surface area contributed by atoms with Gasteiger partial charge in [0.2, 0.25) is 5.91 Å². The van der Waals surface area contributed by atoms with E-state index in [0.29, 0.717) is 6.54 Å². The van der Waals surface area contributed by atoms with Gasteiger partial charge in [0.1, 0.15) is 18.7 Å². The summed E-state index contributed by atoms with van der Waals surface area (Å²) in [5, 5.41) is 15.4. The minimum atomic E-state index is -0.558. The fourth-order valence-electron chi connectivity index (χ4n) is 1.03. The first kappa shape index (κ1) is 12.2. The number of rotatable bonds is 4. The smallest absolute Gasteiger partial charge is 0.244 e. The van der Waals surface area contributed by atoms with Gasteiger partial charge in [-0.05, 0) is 20.8 Å². The SMILES string of the molecule is CC(C(=O)NCC(C)(C)C#N)n1cncn1. The molecule has 16 heavy (non-hydrogen) atoms. The third-order valence-electron chi connectivity index (χ3n) is 2.22. The average molecular weight is 221 g/mol. The largest absolute Gasteiger partial charge is 0.353 e. The van der Waals surface area contributed by atoms with Crippen LogP contribution in [-0.2, 0) is 4.79 Å². The van der Waals surface area contributed by atoms with Gasteiger partial charge in [0.05, 0.1) is 11.5 Å². The van der Waals surface area contributed by atoms with E-state index in [2.05, 4.69) is 21.5 Å². The van der Waals surface area contributed by atoms with Crippen LogP contribution >= 0.6 is 0 Å². The zero-order valence-corrected chi connectivity index (χ0v) is 9.64. The molecule has 1 aromatic heterocycles. The first-order chi connectivity index (χ1) is 7.46. The van der Waals surface area contributed by atoms with Crippen LogP contribution in [0.5, 0.6) is 0 Å². The van der Waals surface area contributed by atoms with Crippen molar-refractivity contribution in [2.24, 2.45) is 5.41 Å². The Morgan fingerprint density at radius 3 is 2.88 bits per heavy atom. The first-order valence-corrected chi connectivity index (χ1v) is 4.99. The monoisotopic (exact) mass is 221 g/mol.